The number of hydrogen-bond donors (Lipinski definition) is 2. The number of nitrogens with one attached hydrogen (secondary N) is 2. The van der Waals surface area contributed by atoms with E-state index in [-0.39, 0.29) is 11.9 Å². The summed E-state index contributed by atoms with van der Waals surface area (Å²) in [6.07, 6.45) is 3.63. The maximum atomic E-state index is 11.9. The first kappa shape index (κ1) is 12.8. The topological polar surface area (TPSA) is 63.2 Å². The molecule has 1 aromatic heterocycles. The fraction of sp³-hybridized carbons (Fsp3) is 0.538. The van der Waals surface area contributed by atoms with Gasteiger partial charge in [0.1, 0.15) is 5.69 Å². The van der Waals surface area contributed by atoms with E-state index >= 15 is 0 Å². The first-order valence-corrected chi connectivity index (χ1v) is 6.38. The third kappa shape index (κ3) is 3.43. The molecule has 1 amide bonds. The second-order valence-corrected chi connectivity index (χ2v) is 4.39. The number of carbonyl (C=O) groups excluding carboxylic acids is 1. The molecule has 1 aliphatic heterocycles. The highest BCUT2D eigenvalue weighted by molar-refractivity contribution is 5.92. The third-order valence-electron chi connectivity index (χ3n) is 2.84. The van der Waals surface area contributed by atoms with E-state index in [0.717, 1.165) is 31.7 Å². The van der Waals surface area contributed by atoms with Crippen molar-refractivity contribution in [3.63, 3.8) is 0 Å². The van der Waals surface area contributed by atoms with E-state index in [9.17, 15) is 4.79 Å². The number of nitrogens with zero attached hydrogens (tertiary/aromatic N) is 1. The van der Waals surface area contributed by atoms with Crippen LogP contribution in [0.25, 0.3) is 0 Å². The Balaban J connectivity index is 1.89. The maximum Gasteiger partial charge on any atom is 0.270 e. The predicted octanol–water partition coefficient (Wildman–Crippen LogP) is 1.42. The average Bonchev–Trinajstić information content (AvgIpc) is 2.89. The summed E-state index contributed by atoms with van der Waals surface area (Å²) in [6, 6.07) is 3.74. The lowest BCUT2D eigenvalue weighted by Gasteiger charge is -2.10. The normalized spacial score (nSPS) is 18.6. The van der Waals surface area contributed by atoms with Crippen molar-refractivity contribution in [1.82, 2.24) is 10.3 Å². The molecule has 0 spiro atoms. The molecule has 0 aliphatic carbocycles. The number of hydrogen-bond acceptors (Lipinski definition) is 4. The van der Waals surface area contributed by atoms with Gasteiger partial charge in [0.15, 0.2) is 0 Å². The van der Waals surface area contributed by atoms with Gasteiger partial charge in [0.25, 0.3) is 5.91 Å². The Hall–Kier alpha value is -1.62. The largest absolute Gasteiger partial charge is 0.384 e. The van der Waals surface area contributed by atoms with E-state index in [1.54, 1.807) is 12.3 Å². The highest BCUT2D eigenvalue weighted by atomic mass is 16.5. The average molecular weight is 249 g/mol. The van der Waals surface area contributed by atoms with Gasteiger partial charge in [0.05, 0.1) is 24.5 Å². The summed E-state index contributed by atoms with van der Waals surface area (Å²) in [5.41, 5.74) is 1.39. The van der Waals surface area contributed by atoms with E-state index in [2.05, 4.69) is 22.5 Å². The molecule has 5 heteroatoms. The molecule has 1 fully saturated rings. The van der Waals surface area contributed by atoms with Crippen LogP contribution in [0.3, 0.4) is 0 Å². The van der Waals surface area contributed by atoms with Gasteiger partial charge in [-0.05, 0) is 25.0 Å². The highest BCUT2D eigenvalue weighted by Crippen LogP contribution is 2.08. The summed E-state index contributed by atoms with van der Waals surface area (Å²) in [6.45, 7) is 4.33. The molecule has 1 unspecified atom stereocenters. The highest BCUT2D eigenvalue weighted by Gasteiger charge is 2.18. The van der Waals surface area contributed by atoms with E-state index in [0.29, 0.717) is 12.3 Å². The van der Waals surface area contributed by atoms with Crippen molar-refractivity contribution < 1.29 is 9.53 Å². The number of pyridine rings is 1. The Morgan fingerprint density at radius 3 is 3.06 bits per heavy atom. The summed E-state index contributed by atoms with van der Waals surface area (Å²) in [4.78, 5) is 16.0. The predicted molar refractivity (Wildman–Crippen MR) is 69.7 cm³/mol. The molecule has 2 heterocycles. The van der Waals surface area contributed by atoms with Crippen molar-refractivity contribution in [3.05, 3.63) is 24.0 Å². The minimum Gasteiger partial charge on any atom is -0.384 e. The molecule has 2 rings (SSSR count). The smallest absolute Gasteiger partial charge is 0.270 e. The number of carbonyl (C=O) groups is 1. The zero-order chi connectivity index (χ0) is 12.8. The number of ether oxygens (including phenoxy) is 1. The van der Waals surface area contributed by atoms with Gasteiger partial charge in [0, 0.05) is 13.2 Å². The molecule has 98 valence electrons. The van der Waals surface area contributed by atoms with Gasteiger partial charge in [0.2, 0.25) is 0 Å². The molecule has 1 saturated heterocycles. The van der Waals surface area contributed by atoms with Gasteiger partial charge in [-0.2, -0.15) is 0 Å². The van der Waals surface area contributed by atoms with Gasteiger partial charge in [-0.3, -0.25) is 4.79 Å². The van der Waals surface area contributed by atoms with E-state index in [1.807, 2.05) is 6.07 Å². The minimum atomic E-state index is -0.132. The lowest BCUT2D eigenvalue weighted by atomic mass is 10.2. The first-order chi connectivity index (χ1) is 8.79. The van der Waals surface area contributed by atoms with Crippen LogP contribution in [0.15, 0.2) is 18.3 Å². The van der Waals surface area contributed by atoms with Crippen molar-refractivity contribution in [2.75, 3.05) is 25.1 Å². The zero-order valence-electron chi connectivity index (χ0n) is 10.6. The Labute approximate surface area is 107 Å². The lowest BCUT2D eigenvalue weighted by molar-refractivity contribution is 0.0925. The second-order valence-electron chi connectivity index (χ2n) is 4.39. The maximum absolute atomic E-state index is 11.9. The Morgan fingerprint density at radius 2 is 2.44 bits per heavy atom. The van der Waals surface area contributed by atoms with Crippen LogP contribution in [0, 0.1) is 0 Å². The Bertz CT molecular complexity index is 386. The van der Waals surface area contributed by atoms with Crippen LogP contribution in [0.2, 0.25) is 0 Å². The number of anilines is 1. The molecular formula is C13H19N3O2. The molecule has 1 aromatic rings. The van der Waals surface area contributed by atoms with Crippen molar-refractivity contribution >= 4 is 11.6 Å². The standard InChI is InChI=1S/C13H19N3O2/c1-2-6-14-10-3-4-12(15-8-10)13(17)16-11-5-7-18-9-11/h3-4,8,11,14H,2,5-7,9H2,1H3,(H,16,17). The third-order valence-corrected chi connectivity index (χ3v) is 2.84. The van der Waals surface area contributed by atoms with Crippen molar-refractivity contribution in [2.45, 2.75) is 25.8 Å². The molecule has 5 nitrogen and oxygen atoms in total. The zero-order valence-corrected chi connectivity index (χ0v) is 10.6. The van der Waals surface area contributed by atoms with E-state index < -0.39 is 0 Å². The molecule has 0 aromatic carbocycles. The summed E-state index contributed by atoms with van der Waals surface area (Å²) in [5, 5.41) is 6.13. The molecule has 18 heavy (non-hydrogen) atoms. The summed E-state index contributed by atoms with van der Waals surface area (Å²) in [7, 11) is 0. The number of rotatable bonds is 5. The first-order valence-electron chi connectivity index (χ1n) is 6.38. The van der Waals surface area contributed by atoms with Crippen LogP contribution in [0.5, 0.6) is 0 Å². The second kappa shape index (κ2) is 6.35. The molecular weight excluding hydrogens is 230 g/mol. The Morgan fingerprint density at radius 1 is 1.56 bits per heavy atom. The fourth-order valence-corrected chi connectivity index (χ4v) is 1.81. The summed E-state index contributed by atoms with van der Waals surface area (Å²) >= 11 is 0. The number of aromatic nitrogens is 1. The Kier molecular flexibility index (Phi) is 4.52. The molecule has 1 atom stereocenters. The van der Waals surface area contributed by atoms with Gasteiger partial charge in [-0.25, -0.2) is 4.98 Å². The van der Waals surface area contributed by atoms with Crippen molar-refractivity contribution in [2.24, 2.45) is 0 Å². The van der Waals surface area contributed by atoms with E-state index in [4.69, 9.17) is 4.74 Å². The SMILES string of the molecule is CCCNc1ccc(C(=O)NC2CCOC2)nc1. The molecule has 0 bridgehead atoms. The fourth-order valence-electron chi connectivity index (χ4n) is 1.81. The minimum absolute atomic E-state index is 0.122. The summed E-state index contributed by atoms with van der Waals surface area (Å²) in [5.74, 6) is -0.132. The monoisotopic (exact) mass is 249 g/mol. The van der Waals surface area contributed by atoms with Crippen LogP contribution >= 0.6 is 0 Å². The van der Waals surface area contributed by atoms with Crippen LogP contribution in [-0.2, 0) is 4.74 Å². The van der Waals surface area contributed by atoms with Crippen molar-refractivity contribution in [3.8, 4) is 0 Å². The van der Waals surface area contributed by atoms with Crippen molar-refractivity contribution in [1.29, 1.82) is 0 Å². The molecule has 0 saturated carbocycles. The van der Waals surface area contributed by atoms with Crippen LogP contribution in [0.1, 0.15) is 30.3 Å². The quantitative estimate of drug-likeness (QED) is 0.828. The van der Waals surface area contributed by atoms with E-state index in [1.165, 1.54) is 0 Å². The molecule has 2 N–H and O–H groups in total. The van der Waals surface area contributed by atoms with Crippen LogP contribution < -0.4 is 10.6 Å². The van der Waals surface area contributed by atoms with Gasteiger partial charge in [-0.1, -0.05) is 6.92 Å². The van der Waals surface area contributed by atoms with Gasteiger partial charge >= 0.3 is 0 Å². The summed E-state index contributed by atoms with van der Waals surface area (Å²) < 4.78 is 5.21. The molecule has 0 radical (unpaired) electrons. The molecule has 1 aliphatic rings. The van der Waals surface area contributed by atoms with Crippen LogP contribution in [0.4, 0.5) is 5.69 Å². The van der Waals surface area contributed by atoms with Gasteiger partial charge in [-0.15, -0.1) is 0 Å². The number of amides is 1. The van der Waals surface area contributed by atoms with Gasteiger partial charge < -0.3 is 15.4 Å². The lowest BCUT2D eigenvalue weighted by Crippen LogP contribution is -2.35. The van der Waals surface area contributed by atoms with Crippen LogP contribution in [-0.4, -0.2) is 36.7 Å².